The van der Waals surface area contributed by atoms with Crippen molar-refractivity contribution in [2.75, 3.05) is 32.5 Å². The first-order valence-electron chi connectivity index (χ1n) is 7.58. The van der Waals surface area contributed by atoms with E-state index in [-0.39, 0.29) is 11.9 Å². The van der Waals surface area contributed by atoms with Crippen LogP contribution in [0.15, 0.2) is 18.3 Å². The van der Waals surface area contributed by atoms with Gasteiger partial charge in [0.05, 0.1) is 11.9 Å². The number of carbonyl (C=O) groups is 2. The van der Waals surface area contributed by atoms with Crippen LogP contribution in [0.4, 0.5) is 15.3 Å². The Labute approximate surface area is 136 Å². The van der Waals surface area contributed by atoms with Crippen molar-refractivity contribution in [2.24, 2.45) is 0 Å². The highest BCUT2D eigenvalue weighted by molar-refractivity contribution is 5.84. The van der Waals surface area contributed by atoms with Crippen molar-refractivity contribution in [3.8, 4) is 0 Å². The van der Waals surface area contributed by atoms with Crippen molar-refractivity contribution in [3.05, 3.63) is 24.0 Å². The molecule has 0 unspecified atom stereocenters. The van der Waals surface area contributed by atoms with Gasteiger partial charge in [-0.2, -0.15) is 0 Å². The van der Waals surface area contributed by atoms with Crippen LogP contribution in [0, 0.1) is 0 Å². The highest BCUT2D eigenvalue weighted by atomic mass is 16.6. The van der Waals surface area contributed by atoms with E-state index in [1.165, 1.54) is 0 Å². The Hall–Kier alpha value is -2.31. The van der Waals surface area contributed by atoms with Gasteiger partial charge in [0.25, 0.3) is 0 Å². The molecule has 1 aromatic rings. The van der Waals surface area contributed by atoms with Gasteiger partial charge in [0.1, 0.15) is 5.60 Å². The number of ether oxygens (including phenoxy) is 1. The zero-order valence-corrected chi connectivity index (χ0v) is 14.3. The average molecular weight is 320 g/mol. The highest BCUT2D eigenvalue weighted by Crippen LogP contribution is 2.22. The molecule has 1 N–H and O–H groups in total. The summed E-state index contributed by atoms with van der Waals surface area (Å²) in [6.07, 6.45) is 1.10. The second kappa shape index (κ2) is 6.44. The molecule has 0 bridgehead atoms. The normalized spacial score (nSPS) is 16.5. The van der Waals surface area contributed by atoms with E-state index in [9.17, 15) is 9.59 Å². The zero-order valence-electron chi connectivity index (χ0n) is 14.3. The van der Waals surface area contributed by atoms with Crippen LogP contribution in [0.5, 0.6) is 0 Å². The lowest BCUT2D eigenvalue weighted by Crippen LogP contribution is -2.49. The Morgan fingerprint density at radius 3 is 2.35 bits per heavy atom. The third kappa shape index (κ3) is 4.58. The number of nitrogens with zero attached hydrogens (tertiary/aromatic N) is 3. The third-order valence-corrected chi connectivity index (χ3v) is 3.49. The molecule has 1 aliphatic rings. The van der Waals surface area contributed by atoms with Crippen molar-refractivity contribution in [3.63, 3.8) is 0 Å². The number of hydrogen-bond donors (Lipinski definition) is 1. The van der Waals surface area contributed by atoms with E-state index >= 15 is 0 Å². The van der Waals surface area contributed by atoms with Crippen molar-refractivity contribution >= 4 is 17.8 Å². The maximum absolute atomic E-state index is 11.8. The molecular formula is C16H24N4O3. The van der Waals surface area contributed by atoms with Gasteiger partial charge in [0.2, 0.25) is 0 Å². The maximum Gasteiger partial charge on any atom is 0.412 e. The molecule has 2 heterocycles. The SMILES string of the molecule is CN1CC(c2ccc(NC(=O)OC(C)(C)C)cn2)CN(C)C1=O. The molecule has 0 aromatic carbocycles. The molecule has 126 valence electrons. The Morgan fingerprint density at radius 2 is 1.87 bits per heavy atom. The Balaban J connectivity index is 2.00. The minimum atomic E-state index is -0.540. The number of carbonyl (C=O) groups excluding carboxylic acids is 2. The van der Waals surface area contributed by atoms with E-state index in [0.29, 0.717) is 18.8 Å². The van der Waals surface area contributed by atoms with Crippen LogP contribution >= 0.6 is 0 Å². The highest BCUT2D eigenvalue weighted by Gasteiger charge is 2.28. The van der Waals surface area contributed by atoms with Gasteiger partial charge in [-0.25, -0.2) is 9.59 Å². The number of amides is 3. The Kier molecular flexibility index (Phi) is 4.77. The molecule has 1 saturated heterocycles. The summed E-state index contributed by atoms with van der Waals surface area (Å²) in [6.45, 7) is 6.70. The van der Waals surface area contributed by atoms with Crippen molar-refractivity contribution in [2.45, 2.75) is 32.3 Å². The number of pyridine rings is 1. The van der Waals surface area contributed by atoms with Crippen LogP contribution < -0.4 is 5.32 Å². The van der Waals surface area contributed by atoms with Crippen molar-refractivity contribution in [1.29, 1.82) is 0 Å². The van der Waals surface area contributed by atoms with E-state index in [4.69, 9.17) is 4.74 Å². The van der Waals surface area contributed by atoms with Gasteiger partial charge in [-0.3, -0.25) is 10.3 Å². The Bertz CT molecular complexity index is 566. The van der Waals surface area contributed by atoms with Gasteiger partial charge in [-0.1, -0.05) is 0 Å². The molecule has 7 heteroatoms. The lowest BCUT2D eigenvalue weighted by molar-refractivity contribution is 0.0636. The molecule has 0 aliphatic carbocycles. The molecule has 3 amide bonds. The number of anilines is 1. The predicted octanol–water partition coefficient (Wildman–Crippen LogP) is 2.51. The van der Waals surface area contributed by atoms with Gasteiger partial charge in [-0.05, 0) is 32.9 Å². The van der Waals surface area contributed by atoms with Gasteiger partial charge >= 0.3 is 12.1 Å². The fraction of sp³-hybridized carbons (Fsp3) is 0.562. The molecule has 0 saturated carbocycles. The summed E-state index contributed by atoms with van der Waals surface area (Å²) < 4.78 is 5.20. The molecule has 2 rings (SSSR count). The van der Waals surface area contributed by atoms with Crippen LogP contribution in [0.1, 0.15) is 32.4 Å². The summed E-state index contributed by atoms with van der Waals surface area (Å²) in [7, 11) is 3.56. The molecule has 0 spiro atoms. The quantitative estimate of drug-likeness (QED) is 0.908. The van der Waals surface area contributed by atoms with Gasteiger partial charge in [0, 0.05) is 38.8 Å². The summed E-state index contributed by atoms with van der Waals surface area (Å²) in [6, 6.07) is 3.68. The minimum absolute atomic E-state index is 0.0180. The van der Waals surface area contributed by atoms with Crippen LogP contribution in [-0.2, 0) is 4.74 Å². The molecule has 1 aliphatic heterocycles. The van der Waals surface area contributed by atoms with Crippen LogP contribution in [-0.4, -0.2) is 59.7 Å². The summed E-state index contributed by atoms with van der Waals surface area (Å²) in [5.74, 6) is 0.151. The first-order valence-corrected chi connectivity index (χ1v) is 7.58. The molecule has 7 nitrogen and oxygen atoms in total. The molecule has 23 heavy (non-hydrogen) atoms. The first kappa shape index (κ1) is 17.1. The summed E-state index contributed by atoms with van der Waals surface area (Å²) in [5, 5.41) is 2.65. The van der Waals surface area contributed by atoms with Gasteiger partial charge in [-0.15, -0.1) is 0 Å². The first-order chi connectivity index (χ1) is 10.7. The number of rotatable bonds is 2. The topological polar surface area (TPSA) is 74.8 Å². The summed E-state index contributed by atoms with van der Waals surface area (Å²) >= 11 is 0. The van der Waals surface area contributed by atoms with Gasteiger partial charge in [0.15, 0.2) is 0 Å². The van der Waals surface area contributed by atoms with E-state index in [1.807, 2.05) is 26.8 Å². The summed E-state index contributed by atoms with van der Waals surface area (Å²) in [5.41, 5.74) is 0.934. The number of nitrogens with one attached hydrogen (secondary N) is 1. The number of likely N-dealkylation sites (N-methyl/N-ethyl adjacent to an activating group) is 2. The molecule has 1 fully saturated rings. The second-order valence-electron chi connectivity index (χ2n) is 6.84. The van der Waals surface area contributed by atoms with E-state index in [2.05, 4.69) is 10.3 Å². The lowest BCUT2D eigenvalue weighted by Gasteiger charge is -2.36. The fourth-order valence-corrected chi connectivity index (χ4v) is 2.50. The molecule has 1 aromatic heterocycles. The third-order valence-electron chi connectivity index (χ3n) is 3.49. The largest absolute Gasteiger partial charge is 0.444 e. The van der Waals surface area contributed by atoms with E-state index in [1.54, 1.807) is 36.2 Å². The average Bonchev–Trinajstić information content (AvgIpc) is 2.43. The monoisotopic (exact) mass is 320 g/mol. The maximum atomic E-state index is 11.8. The number of aromatic nitrogens is 1. The molecule has 0 atom stereocenters. The zero-order chi connectivity index (χ0) is 17.2. The number of hydrogen-bond acceptors (Lipinski definition) is 4. The van der Waals surface area contributed by atoms with Crippen LogP contribution in [0.2, 0.25) is 0 Å². The Morgan fingerprint density at radius 1 is 1.26 bits per heavy atom. The van der Waals surface area contributed by atoms with Crippen molar-refractivity contribution < 1.29 is 14.3 Å². The van der Waals surface area contributed by atoms with Gasteiger partial charge < -0.3 is 14.5 Å². The standard InChI is InChI=1S/C16H24N4O3/c1-16(2,3)23-14(21)18-12-6-7-13(17-8-12)11-9-19(4)15(22)20(5)10-11/h6-8,11H,9-10H2,1-5H3,(H,18,21). The molecular weight excluding hydrogens is 296 g/mol. The lowest BCUT2D eigenvalue weighted by atomic mass is 10.0. The van der Waals surface area contributed by atoms with Crippen molar-refractivity contribution in [1.82, 2.24) is 14.8 Å². The van der Waals surface area contributed by atoms with Crippen LogP contribution in [0.3, 0.4) is 0 Å². The second-order valence-corrected chi connectivity index (χ2v) is 6.84. The van der Waals surface area contributed by atoms with E-state index < -0.39 is 11.7 Å². The van der Waals surface area contributed by atoms with Crippen LogP contribution in [0.25, 0.3) is 0 Å². The smallest absolute Gasteiger partial charge is 0.412 e. The predicted molar refractivity (Wildman–Crippen MR) is 87.5 cm³/mol. The number of urea groups is 1. The minimum Gasteiger partial charge on any atom is -0.444 e. The summed E-state index contributed by atoms with van der Waals surface area (Å²) in [4.78, 5) is 31.3. The van der Waals surface area contributed by atoms with E-state index in [0.717, 1.165) is 5.69 Å². The molecule has 0 radical (unpaired) electrons. The fourth-order valence-electron chi connectivity index (χ4n) is 2.50.